The van der Waals surface area contributed by atoms with E-state index in [-0.39, 0.29) is 31.1 Å². The maximum absolute atomic E-state index is 12.9. The highest BCUT2D eigenvalue weighted by Gasteiger charge is 2.29. The lowest BCUT2D eigenvalue weighted by Crippen LogP contribution is -2.50. The fraction of sp³-hybridized carbons (Fsp3) is 0.286. The first-order valence-corrected chi connectivity index (χ1v) is 8.20. The molecule has 1 amide bonds. The van der Waals surface area contributed by atoms with Gasteiger partial charge in [0.2, 0.25) is 15.9 Å². The molecule has 0 saturated carbocycles. The Morgan fingerprint density at radius 2 is 1.61 bits per heavy atom. The largest absolute Gasteiger partial charge is 0.478 e. The van der Waals surface area contributed by atoms with Gasteiger partial charge in [0.15, 0.2) is 0 Å². The van der Waals surface area contributed by atoms with E-state index in [1.807, 2.05) is 0 Å². The van der Waals surface area contributed by atoms with Crippen LogP contribution in [0.25, 0.3) is 0 Å². The smallest absolute Gasteiger partial charge is 0.328 e. The summed E-state index contributed by atoms with van der Waals surface area (Å²) in [4.78, 5) is 23.5. The third kappa shape index (κ3) is 4.14. The molecule has 1 heterocycles. The summed E-state index contributed by atoms with van der Waals surface area (Å²) >= 11 is 0. The van der Waals surface area contributed by atoms with Gasteiger partial charge in [-0.05, 0) is 24.3 Å². The molecule has 1 N–H and O–H groups in total. The van der Waals surface area contributed by atoms with Gasteiger partial charge < -0.3 is 10.0 Å². The maximum atomic E-state index is 12.9. The number of sulfonamides is 1. The summed E-state index contributed by atoms with van der Waals surface area (Å²) in [5, 5.41) is 8.48. The third-order valence-corrected chi connectivity index (χ3v) is 5.28. The van der Waals surface area contributed by atoms with Crippen molar-refractivity contribution in [2.75, 3.05) is 26.2 Å². The Bertz CT molecular complexity index is 722. The van der Waals surface area contributed by atoms with Gasteiger partial charge in [0, 0.05) is 38.3 Å². The molecule has 7 nitrogen and oxygen atoms in total. The predicted octanol–water partition coefficient (Wildman–Crippen LogP) is 0.299. The average molecular weight is 342 g/mol. The molecule has 0 atom stereocenters. The Hall–Kier alpha value is -2.26. The molecule has 1 aliphatic rings. The van der Waals surface area contributed by atoms with Crippen molar-refractivity contribution < 1.29 is 27.5 Å². The molecule has 2 rings (SSSR count). The monoisotopic (exact) mass is 342 g/mol. The number of rotatable bonds is 4. The molecule has 1 aromatic rings. The minimum absolute atomic E-state index is 0.00977. The second-order valence-corrected chi connectivity index (χ2v) is 6.79. The number of aliphatic carboxylic acids is 1. The first kappa shape index (κ1) is 17.1. The van der Waals surface area contributed by atoms with Gasteiger partial charge in [-0.3, -0.25) is 4.79 Å². The second kappa shape index (κ2) is 6.88. The Morgan fingerprint density at radius 3 is 2.13 bits per heavy atom. The van der Waals surface area contributed by atoms with E-state index in [1.54, 1.807) is 0 Å². The zero-order valence-corrected chi connectivity index (χ0v) is 12.9. The molecule has 0 radical (unpaired) electrons. The first-order chi connectivity index (χ1) is 10.8. The average Bonchev–Trinajstić information content (AvgIpc) is 2.53. The van der Waals surface area contributed by atoms with E-state index < -0.39 is 27.7 Å². The van der Waals surface area contributed by atoms with Crippen molar-refractivity contribution in [2.45, 2.75) is 4.90 Å². The van der Waals surface area contributed by atoms with Crippen molar-refractivity contribution >= 4 is 21.9 Å². The summed E-state index contributed by atoms with van der Waals surface area (Å²) in [6.07, 6.45) is 1.68. The van der Waals surface area contributed by atoms with Crippen LogP contribution in [0.2, 0.25) is 0 Å². The number of hydrogen-bond donors (Lipinski definition) is 1. The van der Waals surface area contributed by atoms with Gasteiger partial charge in [-0.2, -0.15) is 4.31 Å². The number of nitrogens with zero attached hydrogens (tertiary/aromatic N) is 2. The number of amides is 1. The van der Waals surface area contributed by atoms with Crippen LogP contribution < -0.4 is 0 Å². The van der Waals surface area contributed by atoms with Crippen LogP contribution in [0, 0.1) is 5.82 Å². The Balaban J connectivity index is 2.02. The maximum Gasteiger partial charge on any atom is 0.328 e. The molecule has 0 bridgehead atoms. The molecular weight excluding hydrogens is 327 g/mol. The Labute approximate surface area is 132 Å². The lowest BCUT2D eigenvalue weighted by atomic mass is 10.3. The minimum atomic E-state index is -3.74. The van der Waals surface area contributed by atoms with Gasteiger partial charge in [-0.1, -0.05) is 0 Å². The highest BCUT2D eigenvalue weighted by Crippen LogP contribution is 2.18. The minimum Gasteiger partial charge on any atom is -0.478 e. The number of carbonyl (C=O) groups is 2. The van der Waals surface area contributed by atoms with Gasteiger partial charge in [-0.15, -0.1) is 0 Å². The van der Waals surface area contributed by atoms with Crippen LogP contribution in [0.5, 0.6) is 0 Å². The summed E-state index contributed by atoms with van der Waals surface area (Å²) in [5.41, 5.74) is 0. The molecule has 23 heavy (non-hydrogen) atoms. The molecule has 0 aliphatic carbocycles. The molecule has 1 aliphatic heterocycles. The molecule has 0 aromatic heterocycles. The predicted molar refractivity (Wildman–Crippen MR) is 78.5 cm³/mol. The van der Waals surface area contributed by atoms with Crippen LogP contribution >= 0.6 is 0 Å². The van der Waals surface area contributed by atoms with E-state index in [2.05, 4.69) is 0 Å². The zero-order chi connectivity index (χ0) is 17.0. The van der Waals surface area contributed by atoms with E-state index in [9.17, 15) is 22.4 Å². The third-order valence-electron chi connectivity index (χ3n) is 3.37. The SMILES string of the molecule is O=C(O)C=CC(=O)N1CCN(S(=O)(=O)c2ccc(F)cc2)CC1. The number of piperazine rings is 1. The van der Waals surface area contributed by atoms with Crippen LogP contribution in [0.1, 0.15) is 0 Å². The number of carboxylic acids is 1. The number of halogens is 1. The van der Waals surface area contributed by atoms with E-state index in [0.29, 0.717) is 0 Å². The fourth-order valence-electron chi connectivity index (χ4n) is 2.15. The second-order valence-electron chi connectivity index (χ2n) is 4.85. The van der Waals surface area contributed by atoms with Gasteiger partial charge >= 0.3 is 5.97 Å². The van der Waals surface area contributed by atoms with Crippen LogP contribution in [0.3, 0.4) is 0 Å². The molecule has 9 heteroatoms. The van der Waals surface area contributed by atoms with E-state index in [4.69, 9.17) is 5.11 Å². The van der Waals surface area contributed by atoms with E-state index in [0.717, 1.165) is 24.3 Å². The standard InChI is InChI=1S/C14H15FN2O5S/c15-11-1-3-12(4-2-11)23(21,22)17-9-7-16(8-10-17)13(18)5-6-14(19)20/h1-6H,7-10H2,(H,19,20). The highest BCUT2D eigenvalue weighted by molar-refractivity contribution is 7.89. The Morgan fingerprint density at radius 1 is 1.04 bits per heavy atom. The number of carboxylic acid groups (broad SMARTS) is 1. The lowest BCUT2D eigenvalue weighted by molar-refractivity contribution is -0.132. The molecule has 1 aromatic carbocycles. The zero-order valence-electron chi connectivity index (χ0n) is 12.1. The van der Waals surface area contributed by atoms with Gasteiger partial charge in [0.1, 0.15) is 5.82 Å². The molecular formula is C14H15FN2O5S. The molecule has 0 unspecified atom stereocenters. The molecule has 124 valence electrons. The summed E-state index contributed by atoms with van der Waals surface area (Å²) in [7, 11) is -3.74. The van der Waals surface area contributed by atoms with Crippen molar-refractivity contribution in [3.8, 4) is 0 Å². The lowest BCUT2D eigenvalue weighted by Gasteiger charge is -2.33. The molecule has 1 fully saturated rings. The summed E-state index contributed by atoms with van der Waals surface area (Å²) in [6, 6.07) is 4.53. The number of benzene rings is 1. The Kier molecular flexibility index (Phi) is 5.12. The normalized spacial score (nSPS) is 16.7. The summed E-state index contributed by atoms with van der Waals surface area (Å²) in [6.45, 7) is 0.491. The van der Waals surface area contributed by atoms with Crippen molar-refractivity contribution in [3.05, 3.63) is 42.2 Å². The van der Waals surface area contributed by atoms with Crippen LogP contribution in [0.15, 0.2) is 41.3 Å². The van der Waals surface area contributed by atoms with Crippen LogP contribution in [-0.2, 0) is 19.6 Å². The van der Waals surface area contributed by atoms with Crippen molar-refractivity contribution in [3.63, 3.8) is 0 Å². The number of hydrogen-bond acceptors (Lipinski definition) is 4. The first-order valence-electron chi connectivity index (χ1n) is 6.76. The summed E-state index contributed by atoms with van der Waals surface area (Å²) < 4.78 is 38.9. The number of carbonyl (C=O) groups excluding carboxylic acids is 1. The van der Waals surface area contributed by atoms with Gasteiger partial charge in [-0.25, -0.2) is 17.6 Å². The van der Waals surface area contributed by atoms with Crippen LogP contribution in [-0.4, -0.2) is 60.8 Å². The van der Waals surface area contributed by atoms with E-state index in [1.165, 1.54) is 21.3 Å². The summed E-state index contributed by atoms with van der Waals surface area (Å²) in [5.74, 6) is -2.23. The molecule has 1 saturated heterocycles. The van der Waals surface area contributed by atoms with Crippen LogP contribution in [0.4, 0.5) is 4.39 Å². The van der Waals surface area contributed by atoms with E-state index >= 15 is 0 Å². The quantitative estimate of drug-likeness (QED) is 0.794. The highest BCUT2D eigenvalue weighted by atomic mass is 32.2. The van der Waals surface area contributed by atoms with Crippen molar-refractivity contribution in [2.24, 2.45) is 0 Å². The topological polar surface area (TPSA) is 95.0 Å². The van der Waals surface area contributed by atoms with Gasteiger partial charge in [0.05, 0.1) is 4.90 Å². The molecule has 0 spiro atoms. The van der Waals surface area contributed by atoms with Gasteiger partial charge in [0.25, 0.3) is 0 Å². The fourth-order valence-corrected chi connectivity index (χ4v) is 3.57. The van der Waals surface area contributed by atoms with Crippen molar-refractivity contribution in [1.82, 2.24) is 9.21 Å². The van der Waals surface area contributed by atoms with Crippen molar-refractivity contribution in [1.29, 1.82) is 0 Å².